The molecule has 0 fully saturated rings. The van der Waals surface area contributed by atoms with E-state index in [1.165, 1.54) is 0 Å². The number of ether oxygens (including phenoxy) is 2. The molecule has 0 radical (unpaired) electrons. The molecule has 0 saturated carbocycles. The summed E-state index contributed by atoms with van der Waals surface area (Å²) in [5.74, 6) is 1.96. The monoisotopic (exact) mass is 518 g/mol. The first-order valence-electron chi connectivity index (χ1n) is 12.2. The van der Waals surface area contributed by atoms with Gasteiger partial charge in [0.1, 0.15) is 0 Å². The van der Waals surface area contributed by atoms with Crippen LogP contribution in [0.25, 0.3) is 10.4 Å². The Balaban J connectivity index is 0.000000320. The molecule has 2 aromatic carbocycles. The van der Waals surface area contributed by atoms with Gasteiger partial charge in [0.15, 0.2) is 0 Å². The summed E-state index contributed by atoms with van der Waals surface area (Å²) in [6.45, 7) is 5.53. The fourth-order valence-corrected chi connectivity index (χ4v) is 2.93. The van der Waals surface area contributed by atoms with Crippen molar-refractivity contribution in [2.45, 2.75) is 52.6 Å². The largest absolute Gasteiger partial charge is 0.466 e. The molecular weight excluding hydrogens is 484 g/mol. The summed E-state index contributed by atoms with van der Waals surface area (Å²) < 4.78 is 11.3. The summed E-state index contributed by atoms with van der Waals surface area (Å²) in [5, 5.41) is 11.4. The average molecular weight is 519 g/mol. The minimum atomic E-state index is -0.213. The number of aryl methyl sites for hydroxylation is 1. The molecule has 3 rings (SSSR count). The van der Waals surface area contributed by atoms with Gasteiger partial charge >= 0.3 is 11.9 Å². The molecule has 0 aliphatic carbocycles. The Morgan fingerprint density at radius 1 is 0.974 bits per heavy atom. The van der Waals surface area contributed by atoms with Gasteiger partial charge < -0.3 is 9.47 Å². The van der Waals surface area contributed by atoms with Crippen LogP contribution in [0.1, 0.15) is 49.9 Å². The van der Waals surface area contributed by atoms with E-state index < -0.39 is 0 Å². The maximum Gasteiger partial charge on any atom is 0.306 e. The van der Waals surface area contributed by atoms with Crippen LogP contribution >= 0.6 is 0 Å². The summed E-state index contributed by atoms with van der Waals surface area (Å²) in [5.41, 5.74) is 11.1. The summed E-state index contributed by atoms with van der Waals surface area (Å²) >= 11 is 0. The number of carbonyl (C=O) groups is 2. The lowest BCUT2D eigenvalue weighted by molar-refractivity contribution is -0.143. The highest BCUT2D eigenvalue weighted by molar-refractivity contribution is 5.69. The highest BCUT2D eigenvalue weighted by Crippen LogP contribution is 2.07. The first-order chi connectivity index (χ1) is 18.5. The Hall–Kier alpha value is -4.61. The van der Waals surface area contributed by atoms with Gasteiger partial charge in [-0.1, -0.05) is 71.0 Å². The predicted octanol–water partition coefficient (Wildman–Crippen LogP) is 5.28. The molecule has 0 N–H and O–H groups in total. The van der Waals surface area contributed by atoms with Crippen molar-refractivity contribution < 1.29 is 19.1 Å². The van der Waals surface area contributed by atoms with Crippen LogP contribution in [0.2, 0.25) is 0 Å². The van der Waals surface area contributed by atoms with Gasteiger partial charge in [-0.15, -0.1) is 17.4 Å². The Kier molecular flexibility index (Phi) is 17.0. The number of azide groups is 1. The summed E-state index contributed by atoms with van der Waals surface area (Å²) in [6, 6.07) is 19.7. The van der Waals surface area contributed by atoms with Gasteiger partial charge in [-0.05, 0) is 30.5 Å². The third kappa shape index (κ3) is 14.7. The third-order valence-electron chi connectivity index (χ3n) is 4.70. The number of aromatic nitrogens is 3. The summed E-state index contributed by atoms with van der Waals surface area (Å²) in [7, 11) is 0. The van der Waals surface area contributed by atoms with Gasteiger partial charge in [0, 0.05) is 17.8 Å². The fraction of sp³-hybridized carbons (Fsp3) is 0.357. The quantitative estimate of drug-likeness (QED) is 0.111. The molecule has 0 aliphatic heterocycles. The van der Waals surface area contributed by atoms with E-state index in [0.29, 0.717) is 52.0 Å². The number of hydrogen-bond donors (Lipinski definition) is 0. The van der Waals surface area contributed by atoms with Crippen molar-refractivity contribution in [1.29, 1.82) is 0 Å². The van der Waals surface area contributed by atoms with E-state index in [9.17, 15) is 9.59 Å². The molecular formula is C28H34N6O4. The normalized spacial score (nSPS) is 9.29. The van der Waals surface area contributed by atoms with E-state index in [2.05, 4.69) is 31.0 Å². The van der Waals surface area contributed by atoms with Crippen molar-refractivity contribution in [2.24, 2.45) is 5.11 Å². The number of nitrogens with zero attached hydrogens (tertiary/aromatic N) is 6. The smallest absolute Gasteiger partial charge is 0.306 e. The van der Waals surface area contributed by atoms with Crippen molar-refractivity contribution >= 4 is 11.9 Å². The van der Waals surface area contributed by atoms with Crippen molar-refractivity contribution in [2.75, 3.05) is 13.2 Å². The number of benzene rings is 2. The number of terminal acetylenes is 1. The Morgan fingerprint density at radius 2 is 1.55 bits per heavy atom. The Morgan fingerprint density at radius 3 is 2.11 bits per heavy atom. The molecule has 38 heavy (non-hydrogen) atoms. The predicted molar refractivity (Wildman–Crippen MR) is 145 cm³/mol. The number of rotatable bonds is 11. The molecule has 3 aromatic rings. The Labute approximate surface area is 223 Å². The molecule has 0 aliphatic rings. The van der Waals surface area contributed by atoms with Gasteiger partial charge in [-0.25, -0.2) is 4.68 Å². The Bertz CT molecular complexity index is 1150. The summed E-state index contributed by atoms with van der Waals surface area (Å²) in [6.07, 6.45) is 8.37. The van der Waals surface area contributed by atoms with Gasteiger partial charge in [0.05, 0.1) is 51.0 Å². The number of esters is 2. The van der Waals surface area contributed by atoms with E-state index in [1.807, 2.05) is 65.3 Å². The lowest BCUT2D eigenvalue weighted by atomic mass is 10.2. The van der Waals surface area contributed by atoms with Crippen molar-refractivity contribution in [3.8, 4) is 12.3 Å². The molecule has 0 spiro atoms. The zero-order valence-corrected chi connectivity index (χ0v) is 21.9. The third-order valence-corrected chi connectivity index (χ3v) is 4.70. The van der Waals surface area contributed by atoms with Crippen LogP contribution in [0.4, 0.5) is 0 Å². The fourth-order valence-electron chi connectivity index (χ4n) is 2.93. The molecule has 1 aromatic heterocycles. The number of hydrogen-bond acceptors (Lipinski definition) is 7. The van der Waals surface area contributed by atoms with Gasteiger partial charge in [-0.2, -0.15) is 0 Å². The second-order valence-electron chi connectivity index (χ2n) is 7.56. The molecule has 0 amide bonds. The van der Waals surface area contributed by atoms with Crippen LogP contribution in [0.5, 0.6) is 0 Å². The van der Waals surface area contributed by atoms with Gasteiger partial charge in [0.2, 0.25) is 0 Å². The molecule has 0 saturated heterocycles. The standard InChI is InChI=1S/C14H17N3O2.C7H7N3.C7H10O2/c1-2-19-14(18)9-8-13-10-15-16-17(13)11-12-6-4-3-5-7-12;8-10-9-6-7-4-2-1-3-5-7;1-3-5-6-7(8)9-4-2/h3-7,10H,2,8-9,11H2,1H3;1-5H,6H2;1H,4-6H2,2H3. The molecule has 10 heteroatoms. The molecule has 0 bridgehead atoms. The van der Waals surface area contributed by atoms with Gasteiger partial charge in [-0.3, -0.25) is 9.59 Å². The SMILES string of the molecule is C#CCCC(=O)OCC.CCOC(=O)CCc1cnnn1Cc1ccccc1.[N-]=[N+]=NCc1ccccc1. The van der Waals surface area contributed by atoms with E-state index >= 15 is 0 Å². The van der Waals surface area contributed by atoms with Crippen LogP contribution in [0.3, 0.4) is 0 Å². The first-order valence-corrected chi connectivity index (χ1v) is 12.2. The second-order valence-corrected chi connectivity index (χ2v) is 7.56. The zero-order chi connectivity index (χ0) is 27.8. The molecule has 10 nitrogen and oxygen atoms in total. The highest BCUT2D eigenvalue weighted by atomic mass is 16.5. The lowest BCUT2D eigenvalue weighted by Gasteiger charge is -2.06. The zero-order valence-electron chi connectivity index (χ0n) is 21.9. The highest BCUT2D eigenvalue weighted by Gasteiger charge is 2.08. The average Bonchev–Trinajstić information content (AvgIpc) is 3.38. The lowest BCUT2D eigenvalue weighted by Crippen LogP contribution is -2.10. The van der Waals surface area contributed by atoms with E-state index in [4.69, 9.17) is 16.7 Å². The van der Waals surface area contributed by atoms with Crippen molar-refractivity contribution in [3.63, 3.8) is 0 Å². The minimum Gasteiger partial charge on any atom is -0.466 e. The topological polar surface area (TPSA) is 132 Å². The van der Waals surface area contributed by atoms with Crippen molar-refractivity contribution in [1.82, 2.24) is 15.0 Å². The van der Waals surface area contributed by atoms with E-state index in [0.717, 1.165) is 16.8 Å². The van der Waals surface area contributed by atoms with Crippen LogP contribution < -0.4 is 0 Å². The number of carbonyl (C=O) groups excluding carboxylic acids is 2. The van der Waals surface area contributed by atoms with Gasteiger partial charge in [0.25, 0.3) is 0 Å². The van der Waals surface area contributed by atoms with E-state index in [1.54, 1.807) is 20.0 Å². The second kappa shape index (κ2) is 20.6. The maximum absolute atomic E-state index is 11.3. The molecule has 0 atom stereocenters. The summed E-state index contributed by atoms with van der Waals surface area (Å²) in [4.78, 5) is 24.5. The first kappa shape index (κ1) is 31.4. The van der Waals surface area contributed by atoms with Crippen LogP contribution in [-0.4, -0.2) is 40.1 Å². The maximum atomic E-state index is 11.3. The molecule has 200 valence electrons. The van der Waals surface area contributed by atoms with Crippen LogP contribution in [-0.2, 0) is 38.6 Å². The van der Waals surface area contributed by atoms with Crippen molar-refractivity contribution in [3.05, 3.63) is 94.1 Å². The molecule has 0 unspecified atom stereocenters. The van der Waals surface area contributed by atoms with E-state index in [-0.39, 0.29) is 11.9 Å². The van der Waals surface area contributed by atoms with Crippen LogP contribution in [0, 0.1) is 12.3 Å². The molecule has 1 heterocycles. The van der Waals surface area contributed by atoms with Crippen LogP contribution in [0.15, 0.2) is 72.0 Å². The minimum absolute atomic E-state index is 0.185.